The summed E-state index contributed by atoms with van der Waals surface area (Å²) >= 11 is 16.6. The van der Waals surface area contributed by atoms with Gasteiger partial charge in [-0.25, -0.2) is 23.7 Å². The fraction of sp³-hybridized carbons (Fsp3) is 0.456. The Kier molecular flexibility index (Phi) is 19.2. The minimum Gasteiger partial charge on any atom is -0.456 e. The van der Waals surface area contributed by atoms with Crippen LogP contribution in [0.25, 0.3) is 22.2 Å². The Balaban J connectivity index is 0.000000177. The number of likely N-dealkylation sites (tertiary alicyclic amines) is 2. The molecular weight excluding hydrogens is 1150 g/mol. The molecule has 432 valence electrons. The van der Waals surface area contributed by atoms with Crippen LogP contribution in [0.4, 0.5) is 26.4 Å². The van der Waals surface area contributed by atoms with E-state index in [1.54, 1.807) is 47.3 Å². The smallest absolute Gasteiger partial charge is 0.209 e. The molecule has 0 saturated carbocycles. The van der Waals surface area contributed by atoms with Crippen molar-refractivity contribution in [3.05, 3.63) is 105 Å². The number of ketones is 2. The molecule has 7 aromatic heterocycles. The van der Waals surface area contributed by atoms with E-state index in [0.29, 0.717) is 108 Å². The van der Waals surface area contributed by atoms with E-state index in [-0.39, 0.29) is 54.6 Å². The maximum absolute atomic E-state index is 12.9. The van der Waals surface area contributed by atoms with Crippen molar-refractivity contribution >= 4 is 90.5 Å². The number of carbonyl (C=O) groups excluding carboxylic acids is 2. The molecule has 0 unspecified atom stereocenters. The molecular formula is C57H70BrCl2F2N15O4. The zero-order valence-electron chi connectivity index (χ0n) is 47.4. The van der Waals surface area contributed by atoms with Gasteiger partial charge in [-0.3, -0.25) is 38.7 Å². The van der Waals surface area contributed by atoms with Crippen LogP contribution in [-0.2, 0) is 47.4 Å². The maximum atomic E-state index is 12.9. The second-order valence-electron chi connectivity index (χ2n) is 22.5. The number of benzene rings is 1. The summed E-state index contributed by atoms with van der Waals surface area (Å²) in [4.78, 5) is 48.6. The third kappa shape index (κ3) is 14.7. The Morgan fingerprint density at radius 1 is 0.716 bits per heavy atom. The summed E-state index contributed by atoms with van der Waals surface area (Å²) in [5.41, 5.74) is 11.9. The number of nitrogens with two attached hydrogens (primary N) is 1. The topological polar surface area (TPSA) is 207 Å². The van der Waals surface area contributed by atoms with Crippen molar-refractivity contribution in [2.24, 2.45) is 14.1 Å². The Bertz CT molecular complexity index is 3530. The van der Waals surface area contributed by atoms with E-state index in [1.165, 1.54) is 20.0 Å². The molecule has 2 atom stereocenters. The van der Waals surface area contributed by atoms with E-state index in [1.807, 2.05) is 35.5 Å². The summed E-state index contributed by atoms with van der Waals surface area (Å²) in [6, 6.07) is 15.0. The van der Waals surface area contributed by atoms with Crippen molar-refractivity contribution < 1.29 is 27.8 Å². The number of hydrogen-bond donors (Lipinski definition) is 2. The first-order chi connectivity index (χ1) is 38.4. The minimum atomic E-state index is -0.337. The number of hydrogen-bond acceptors (Lipinski definition) is 15. The van der Waals surface area contributed by atoms with Gasteiger partial charge in [0.05, 0.1) is 40.7 Å². The number of alkyl halides is 2. The van der Waals surface area contributed by atoms with E-state index in [2.05, 4.69) is 108 Å². The molecule has 2 aliphatic rings. The monoisotopic (exact) mass is 1220 g/mol. The van der Waals surface area contributed by atoms with Gasteiger partial charge in [-0.15, -0.1) is 0 Å². The van der Waals surface area contributed by atoms with Crippen LogP contribution in [0.2, 0.25) is 10.0 Å². The van der Waals surface area contributed by atoms with Crippen LogP contribution < -0.4 is 20.5 Å². The second-order valence-corrected chi connectivity index (χ2v) is 23.9. The molecule has 2 saturated heterocycles. The number of rotatable bonds is 16. The number of nitrogens with zero attached hydrogens (tertiary/aromatic N) is 13. The number of imidazole rings is 2. The van der Waals surface area contributed by atoms with Crippen molar-refractivity contribution in [1.82, 2.24) is 63.4 Å². The highest BCUT2D eigenvalue weighted by atomic mass is 79.9. The van der Waals surface area contributed by atoms with Crippen molar-refractivity contribution in [3.8, 4) is 23.0 Å². The van der Waals surface area contributed by atoms with Gasteiger partial charge in [0, 0.05) is 125 Å². The number of aryl methyl sites for hydroxylation is 2. The number of fused-ring (bicyclic) bond motifs is 2. The van der Waals surface area contributed by atoms with Crippen molar-refractivity contribution in [3.63, 3.8) is 0 Å². The van der Waals surface area contributed by atoms with Crippen molar-refractivity contribution in [2.45, 2.75) is 104 Å². The molecule has 0 radical (unpaired) electrons. The molecule has 3 N–H and O–H groups in total. The molecule has 8 aromatic rings. The molecule has 0 aliphatic carbocycles. The van der Waals surface area contributed by atoms with Gasteiger partial charge in [0.2, 0.25) is 5.95 Å². The van der Waals surface area contributed by atoms with E-state index in [9.17, 15) is 18.4 Å². The van der Waals surface area contributed by atoms with Crippen molar-refractivity contribution in [1.29, 1.82) is 0 Å². The summed E-state index contributed by atoms with van der Waals surface area (Å²) in [5.74, 6) is 3.90. The van der Waals surface area contributed by atoms with Crippen LogP contribution in [0.3, 0.4) is 0 Å². The Morgan fingerprint density at radius 3 is 1.79 bits per heavy atom. The Hall–Kier alpha value is -6.59. The molecule has 19 nitrogen and oxygen atoms in total. The molecule has 24 heteroatoms. The van der Waals surface area contributed by atoms with E-state index in [0.717, 1.165) is 50.4 Å². The standard InChI is InChI=1S/C29H35ClFN7O2.C15H12BrClN4O2.C13H23FN4/c1-18(39)14-19-15-21(8-11-32-19)40-23-7-6-22-27(26(23)30)36(5)28(33-22)34-25-16-24(29(2,3)4)38(35-25)20-9-12-37(17-20)13-10-31;1-8(22)5-9-6-10(3-4-18-9)23-11-7-19-14-13(12(11)17)21(2)15(16)20-14;1-13(2,3)11-8-12(15)16-18(11)10-4-6-17(9-10)7-5-14/h6-8,11,15-16,20H,9-10,12-14,17H2,1-5H3,(H,33,34,35);3-4,6-7H,5H2,1-2H3;8,10H,4-7,9H2,1-3H3,(H2,15,16)/t20-;;10-/m0.0/s1. The first kappa shape index (κ1) is 60.5. The highest BCUT2D eigenvalue weighted by Gasteiger charge is 2.32. The number of Topliss-reactive ketones (excluding diaryl/α,β-unsaturated/α-hetero) is 2. The maximum Gasteiger partial charge on any atom is 0.209 e. The number of ether oxygens (including phenoxy) is 2. The van der Waals surface area contributed by atoms with Crippen LogP contribution in [0.1, 0.15) is 103 Å². The molecule has 0 spiro atoms. The SMILES string of the molecule is CC(=O)Cc1cc(Oc2ccc3nc(Nc4cc(C(C)(C)C)n([C@H]5CCN(CCF)C5)n4)n(C)c3c2Cl)ccn1.CC(=O)Cc1cc(Oc2cnc3nc(Br)n(C)c3c2Cl)ccn1.CC(C)(C)c1cc(N)nn1[C@H]1CCN(CCF)C1. The van der Waals surface area contributed by atoms with Gasteiger partial charge in [-0.05, 0) is 66.9 Å². The lowest BCUT2D eigenvalue weighted by molar-refractivity contribution is -0.117. The molecule has 9 heterocycles. The fourth-order valence-corrected chi connectivity index (χ4v) is 10.9. The molecule has 0 amide bonds. The van der Waals surface area contributed by atoms with Crippen molar-refractivity contribution in [2.75, 3.05) is 63.7 Å². The van der Waals surface area contributed by atoms with Crippen LogP contribution in [-0.4, -0.2) is 128 Å². The number of nitrogen functional groups attached to an aromatic ring is 1. The molecule has 1 aromatic carbocycles. The van der Waals surface area contributed by atoms with Crippen LogP contribution >= 0.6 is 39.1 Å². The van der Waals surface area contributed by atoms with E-state index >= 15 is 0 Å². The van der Waals surface area contributed by atoms with Crippen LogP contribution in [0.15, 0.2) is 71.9 Å². The first-order valence-corrected chi connectivity index (χ1v) is 28.3. The fourth-order valence-electron chi connectivity index (χ4n) is 9.91. The molecule has 2 aliphatic heterocycles. The highest BCUT2D eigenvalue weighted by molar-refractivity contribution is 9.10. The number of nitrogens with one attached hydrogen (secondary N) is 1. The lowest BCUT2D eigenvalue weighted by Crippen LogP contribution is -2.26. The third-order valence-corrected chi connectivity index (χ3v) is 15.3. The summed E-state index contributed by atoms with van der Waals surface area (Å²) < 4.78 is 45.6. The molecule has 10 rings (SSSR count). The number of carbonyl (C=O) groups is 2. The number of pyridine rings is 3. The largest absolute Gasteiger partial charge is 0.456 e. The zero-order valence-corrected chi connectivity index (χ0v) is 50.5. The molecule has 2 fully saturated rings. The van der Waals surface area contributed by atoms with Gasteiger partial charge in [-0.2, -0.15) is 10.2 Å². The normalized spacial score (nSPS) is 15.9. The average Bonchev–Trinajstić information content (AvgIpc) is 4.49. The molecule has 81 heavy (non-hydrogen) atoms. The van der Waals surface area contributed by atoms with E-state index < -0.39 is 0 Å². The third-order valence-electron chi connectivity index (χ3n) is 13.8. The lowest BCUT2D eigenvalue weighted by Gasteiger charge is -2.23. The predicted octanol–water partition coefficient (Wildman–Crippen LogP) is 11.7. The Morgan fingerprint density at radius 2 is 1.25 bits per heavy atom. The van der Waals surface area contributed by atoms with Gasteiger partial charge in [-0.1, -0.05) is 64.7 Å². The quantitative estimate of drug-likeness (QED) is 0.0922. The van der Waals surface area contributed by atoms with Gasteiger partial charge in [0.1, 0.15) is 63.5 Å². The Labute approximate surface area is 488 Å². The summed E-state index contributed by atoms with van der Waals surface area (Å²) in [5, 5.41) is 13.6. The highest BCUT2D eigenvalue weighted by Crippen LogP contribution is 2.39. The van der Waals surface area contributed by atoms with Gasteiger partial charge >= 0.3 is 0 Å². The van der Waals surface area contributed by atoms with Gasteiger partial charge in [0.25, 0.3) is 0 Å². The predicted molar refractivity (Wildman–Crippen MR) is 316 cm³/mol. The lowest BCUT2D eigenvalue weighted by atomic mass is 9.91. The zero-order chi connectivity index (χ0) is 58.5. The first-order valence-electron chi connectivity index (χ1n) is 26.8. The molecule has 0 bridgehead atoms. The summed E-state index contributed by atoms with van der Waals surface area (Å²) in [7, 11) is 3.71. The van der Waals surface area contributed by atoms with Gasteiger partial charge in [0.15, 0.2) is 21.9 Å². The number of anilines is 3. The number of halogens is 5. The average molecular weight is 1220 g/mol. The van der Waals surface area contributed by atoms with Crippen LogP contribution in [0, 0.1) is 0 Å². The summed E-state index contributed by atoms with van der Waals surface area (Å²) in [6.45, 7) is 19.9. The van der Waals surface area contributed by atoms with Gasteiger partial charge < -0.3 is 29.7 Å². The van der Waals surface area contributed by atoms with E-state index in [4.69, 9.17) is 48.5 Å². The second kappa shape index (κ2) is 25.7. The number of aromatic nitrogens is 11. The minimum absolute atomic E-state index is 0.0259. The summed E-state index contributed by atoms with van der Waals surface area (Å²) in [6.07, 6.45) is 7.18. The van der Waals surface area contributed by atoms with Crippen LogP contribution in [0.5, 0.6) is 23.0 Å².